The molecule has 0 aromatic rings. The normalized spacial score (nSPS) is 16.2. The zero-order chi connectivity index (χ0) is 12.6. The van der Waals surface area contributed by atoms with Gasteiger partial charge in [0.15, 0.2) is 0 Å². The Morgan fingerprint density at radius 2 is 2.12 bits per heavy atom. The molecule has 0 unspecified atom stereocenters. The molecule has 0 rings (SSSR count). The van der Waals surface area contributed by atoms with Crippen molar-refractivity contribution in [3.05, 3.63) is 12.7 Å². The molecular formula is C13H25NO2. The van der Waals surface area contributed by atoms with Crippen molar-refractivity contribution >= 4 is 5.97 Å². The molecule has 0 aromatic carbocycles. The molecule has 0 aliphatic heterocycles. The van der Waals surface area contributed by atoms with Crippen LogP contribution in [0.4, 0.5) is 0 Å². The summed E-state index contributed by atoms with van der Waals surface area (Å²) in [6.45, 7) is 10.1. The van der Waals surface area contributed by atoms with E-state index < -0.39 is 6.04 Å². The van der Waals surface area contributed by atoms with Crippen LogP contribution in [-0.4, -0.2) is 18.6 Å². The molecule has 0 saturated heterocycles. The van der Waals surface area contributed by atoms with Gasteiger partial charge in [-0.05, 0) is 38.0 Å². The smallest absolute Gasteiger partial charge is 0.323 e. The van der Waals surface area contributed by atoms with Gasteiger partial charge in [-0.1, -0.05) is 19.9 Å². The monoisotopic (exact) mass is 227 g/mol. The van der Waals surface area contributed by atoms with Crippen LogP contribution in [0.2, 0.25) is 0 Å². The summed E-state index contributed by atoms with van der Waals surface area (Å²) in [5, 5.41) is 0. The Labute approximate surface area is 99.0 Å². The third kappa shape index (κ3) is 5.91. The summed E-state index contributed by atoms with van der Waals surface area (Å²) in [6.07, 6.45) is 4.99. The highest BCUT2D eigenvalue weighted by Gasteiger charge is 2.23. The van der Waals surface area contributed by atoms with Crippen molar-refractivity contribution in [2.75, 3.05) is 6.61 Å². The largest absolute Gasteiger partial charge is 0.465 e. The minimum atomic E-state index is -0.494. The molecule has 0 aliphatic rings. The highest BCUT2D eigenvalue weighted by molar-refractivity contribution is 5.75. The standard InChI is InChI=1S/C13H25NO2/c1-5-7-8-10(3)9-11(4)12(14)13(15)16-6-2/h5,10-12H,1,6-9,14H2,2-4H3/t10-,11-,12-/m1/s1. The van der Waals surface area contributed by atoms with Crippen molar-refractivity contribution in [1.29, 1.82) is 0 Å². The van der Waals surface area contributed by atoms with Crippen LogP contribution in [-0.2, 0) is 9.53 Å². The van der Waals surface area contributed by atoms with E-state index in [2.05, 4.69) is 13.5 Å². The summed E-state index contributed by atoms with van der Waals surface area (Å²) < 4.78 is 4.91. The van der Waals surface area contributed by atoms with Crippen molar-refractivity contribution in [2.24, 2.45) is 17.6 Å². The van der Waals surface area contributed by atoms with E-state index >= 15 is 0 Å². The molecular weight excluding hydrogens is 202 g/mol. The number of allylic oxidation sites excluding steroid dienone is 1. The first kappa shape index (κ1) is 15.2. The van der Waals surface area contributed by atoms with Gasteiger partial charge < -0.3 is 10.5 Å². The summed E-state index contributed by atoms with van der Waals surface area (Å²) in [6, 6.07) is -0.494. The molecule has 0 bridgehead atoms. The lowest BCUT2D eigenvalue weighted by molar-refractivity contribution is -0.146. The first-order valence-electron chi connectivity index (χ1n) is 6.06. The molecule has 16 heavy (non-hydrogen) atoms. The third-order valence-electron chi connectivity index (χ3n) is 2.81. The molecule has 3 atom stereocenters. The second-order valence-electron chi connectivity index (χ2n) is 4.46. The highest BCUT2D eigenvalue weighted by Crippen LogP contribution is 2.19. The maximum Gasteiger partial charge on any atom is 0.323 e. The summed E-state index contributed by atoms with van der Waals surface area (Å²) in [5.74, 6) is 0.443. The Kier molecular flexibility index (Phi) is 7.90. The van der Waals surface area contributed by atoms with Gasteiger partial charge in [-0.3, -0.25) is 4.79 Å². The molecule has 3 nitrogen and oxygen atoms in total. The Morgan fingerprint density at radius 1 is 1.50 bits per heavy atom. The lowest BCUT2D eigenvalue weighted by Crippen LogP contribution is -2.38. The average Bonchev–Trinajstić information content (AvgIpc) is 2.25. The van der Waals surface area contributed by atoms with Crippen LogP contribution < -0.4 is 5.73 Å². The minimum Gasteiger partial charge on any atom is -0.465 e. The maximum absolute atomic E-state index is 11.4. The van der Waals surface area contributed by atoms with Crippen LogP contribution >= 0.6 is 0 Å². The zero-order valence-electron chi connectivity index (χ0n) is 10.7. The minimum absolute atomic E-state index is 0.166. The molecule has 0 saturated carbocycles. The zero-order valence-corrected chi connectivity index (χ0v) is 10.7. The number of esters is 1. The number of rotatable bonds is 8. The van der Waals surface area contributed by atoms with Crippen molar-refractivity contribution in [3.8, 4) is 0 Å². The Morgan fingerprint density at radius 3 is 2.62 bits per heavy atom. The fourth-order valence-electron chi connectivity index (χ4n) is 1.77. The molecule has 0 fully saturated rings. The van der Waals surface area contributed by atoms with E-state index in [0.29, 0.717) is 12.5 Å². The number of carbonyl (C=O) groups excluding carboxylic acids is 1. The molecule has 0 amide bonds. The predicted molar refractivity (Wildman–Crippen MR) is 67.0 cm³/mol. The molecule has 0 radical (unpaired) electrons. The van der Waals surface area contributed by atoms with Gasteiger partial charge in [0.1, 0.15) is 6.04 Å². The van der Waals surface area contributed by atoms with E-state index in [0.717, 1.165) is 19.3 Å². The highest BCUT2D eigenvalue weighted by atomic mass is 16.5. The summed E-state index contributed by atoms with van der Waals surface area (Å²) in [5.41, 5.74) is 5.83. The van der Waals surface area contributed by atoms with Gasteiger partial charge in [0.2, 0.25) is 0 Å². The number of nitrogens with two attached hydrogens (primary N) is 1. The average molecular weight is 227 g/mol. The summed E-state index contributed by atoms with van der Waals surface area (Å²) >= 11 is 0. The van der Waals surface area contributed by atoms with E-state index in [-0.39, 0.29) is 11.9 Å². The third-order valence-corrected chi connectivity index (χ3v) is 2.81. The number of ether oxygens (including phenoxy) is 1. The van der Waals surface area contributed by atoms with Gasteiger partial charge in [0.25, 0.3) is 0 Å². The second-order valence-corrected chi connectivity index (χ2v) is 4.46. The lowest BCUT2D eigenvalue weighted by atomic mass is 9.89. The molecule has 0 aromatic heterocycles. The van der Waals surface area contributed by atoms with Gasteiger partial charge in [-0.15, -0.1) is 6.58 Å². The number of carbonyl (C=O) groups is 1. The fraction of sp³-hybridized carbons (Fsp3) is 0.769. The van der Waals surface area contributed by atoms with Gasteiger partial charge in [-0.25, -0.2) is 0 Å². The molecule has 0 spiro atoms. The number of hydrogen-bond acceptors (Lipinski definition) is 3. The van der Waals surface area contributed by atoms with E-state index in [1.54, 1.807) is 6.92 Å². The van der Waals surface area contributed by atoms with Crippen molar-refractivity contribution < 1.29 is 9.53 Å². The van der Waals surface area contributed by atoms with E-state index in [4.69, 9.17) is 10.5 Å². The lowest BCUT2D eigenvalue weighted by Gasteiger charge is -2.21. The maximum atomic E-state index is 11.4. The summed E-state index contributed by atoms with van der Waals surface area (Å²) in [7, 11) is 0. The molecule has 0 aliphatic carbocycles. The van der Waals surface area contributed by atoms with Crippen molar-refractivity contribution in [1.82, 2.24) is 0 Å². The Balaban J connectivity index is 3.98. The van der Waals surface area contributed by atoms with Crippen LogP contribution in [0, 0.1) is 11.8 Å². The van der Waals surface area contributed by atoms with Crippen LogP contribution in [0.25, 0.3) is 0 Å². The van der Waals surface area contributed by atoms with E-state index in [1.807, 2.05) is 13.0 Å². The molecule has 3 heteroatoms. The van der Waals surface area contributed by atoms with E-state index in [9.17, 15) is 4.79 Å². The van der Waals surface area contributed by atoms with Crippen molar-refractivity contribution in [2.45, 2.75) is 46.1 Å². The Hall–Kier alpha value is -0.830. The van der Waals surface area contributed by atoms with Crippen molar-refractivity contribution in [3.63, 3.8) is 0 Å². The SMILES string of the molecule is C=CCC[C@@H](C)C[C@@H](C)[C@@H](N)C(=O)OCC. The molecule has 94 valence electrons. The second kappa shape index (κ2) is 8.34. The first-order chi connectivity index (χ1) is 7.52. The van der Waals surface area contributed by atoms with Gasteiger partial charge >= 0.3 is 5.97 Å². The fourth-order valence-corrected chi connectivity index (χ4v) is 1.77. The van der Waals surface area contributed by atoms with Crippen LogP contribution in [0.5, 0.6) is 0 Å². The van der Waals surface area contributed by atoms with E-state index in [1.165, 1.54) is 0 Å². The van der Waals surface area contributed by atoms with Gasteiger partial charge in [-0.2, -0.15) is 0 Å². The van der Waals surface area contributed by atoms with Gasteiger partial charge in [0, 0.05) is 0 Å². The summed E-state index contributed by atoms with van der Waals surface area (Å²) in [4.78, 5) is 11.4. The molecule has 0 heterocycles. The topological polar surface area (TPSA) is 52.3 Å². The van der Waals surface area contributed by atoms with Crippen LogP contribution in [0.3, 0.4) is 0 Å². The molecule has 2 N–H and O–H groups in total. The Bertz CT molecular complexity index is 216. The van der Waals surface area contributed by atoms with Gasteiger partial charge in [0.05, 0.1) is 6.61 Å². The van der Waals surface area contributed by atoms with Crippen LogP contribution in [0.1, 0.15) is 40.0 Å². The predicted octanol–water partition coefficient (Wildman–Crippen LogP) is 2.51. The first-order valence-corrected chi connectivity index (χ1v) is 6.06. The quantitative estimate of drug-likeness (QED) is 0.512. The number of hydrogen-bond donors (Lipinski definition) is 1. The van der Waals surface area contributed by atoms with Crippen LogP contribution in [0.15, 0.2) is 12.7 Å².